The largest absolute Gasteiger partial charge is 0.287 e. The van der Waals surface area contributed by atoms with Crippen molar-refractivity contribution < 1.29 is 9.59 Å². The van der Waals surface area contributed by atoms with Crippen LogP contribution in [-0.2, 0) is 9.59 Å². The van der Waals surface area contributed by atoms with Crippen molar-refractivity contribution in [3.05, 3.63) is 48.5 Å². The van der Waals surface area contributed by atoms with Crippen LogP contribution in [0.3, 0.4) is 0 Å². The molecule has 3 aromatic carbocycles. The fourth-order valence-electron chi connectivity index (χ4n) is 2.41. The Morgan fingerprint density at radius 2 is 1.05 bits per heavy atom. The van der Waals surface area contributed by atoms with Gasteiger partial charge in [-0.05, 0) is 57.9 Å². The van der Waals surface area contributed by atoms with E-state index in [4.69, 9.17) is 0 Å². The molecule has 4 heteroatoms. The maximum atomic E-state index is 11.2. The summed E-state index contributed by atoms with van der Waals surface area (Å²) in [7, 11) is 0. The van der Waals surface area contributed by atoms with Crippen LogP contribution in [0.2, 0.25) is 0 Å². The molecule has 0 saturated heterocycles. The lowest BCUT2D eigenvalue weighted by Gasteiger charge is -2.06. The monoisotopic (exact) mass is 326 g/mol. The number of carbonyl (C=O) groups excluding carboxylic acids is 2. The van der Waals surface area contributed by atoms with Gasteiger partial charge in [0.25, 0.3) is 0 Å². The van der Waals surface area contributed by atoms with E-state index in [1.807, 2.05) is 36.4 Å². The molecule has 0 aliphatic carbocycles. The highest BCUT2D eigenvalue weighted by Crippen LogP contribution is 2.30. The van der Waals surface area contributed by atoms with E-state index in [-0.39, 0.29) is 10.2 Å². The third-order valence-corrected chi connectivity index (χ3v) is 4.82. The van der Waals surface area contributed by atoms with E-state index in [1.54, 1.807) is 13.8 Å². The molecule has 0 fully saturated rings. The Kier molecular flexibility index (Phi) is 4.23. The summed E-state index contributed by atoms with van der Waals surface area (Å²) in [6.45, 7) is 3.14. The van der Waals surface area contributed by atoms with Crippen molar-refractivity contribution in [3.63, 3.8) is 0 Å². The molecule has 0 atom stereocenters. The zero-order valence-electron chi connectivity index (χ0n) is 12.3. The van der Waals surface area contributed by atoms with E-state index in [0.717, 1.165) is 31.3 Å². The molecular formula is C18H14O2S2. The molecule has 0 spiro atoms. The van der Waals surface area contributed by atoms with Crippen molar-refractivity contribution in [3.8, 4) is 0 Å². The van der Waals surface area contributed by atoms with Crippen LogP contribution in [0.25, 0.3) is 21.5 Å². The molecule has 110 valence electrons. The number of thioether (sulfide) groups is 2. The average molecular weight is 326 g/mol. The molecule has 0 N–H and O–H groups in total. The van der Waals surface area contributed by atoms with Gasteiger partial charge in [-0.15, -0.1) is 0 Å². The summed E-state index contributed by atoms with van der Waals surface area (Å²) < 4.78 is 0. The first-order valence-corrected chi connectivity index (χ1v) is 8.49. The summed E-state index contributed by atoms with van der Waals surface area (Å²) in [6, 6.07) is 16.3. The Morgan fingerprint density at radius 3 is 1.45 bits per heavy atom. The van der Waals surface area contributed by atoms with Crippen molar-refractivity contribution in [2.45, 2.75) is 23.6 Å². The van der Waals surface area contributed by atoms with Crippen LogP contribution in [-0.4, -0.2) is 10.2 Å². The molecular weight excluding hydrogens is 312 g/mol. The lowest BCUT2D eigenvalue weighted by Crippen LogP contribution is -1.84. The topological polar surface area (TPSA) is 34.1 Å². The van der Waals surface area contributed by atoms with Crippen LogP contribution in [0.15, 0.2) is 58.3 Å². The smallest absolute Gasteiger partial charge is 0.190 e. The molecule has 0 bridgehead atoms. The second-order valence-corrected chi connectivity index (χ2v) is 7.56. The van der Waals surface area contributed by atoms with E-state index >= 15 is 0 Å². The molecule has 0 aromatic heterocycles. The van der Waals surface area contributed by atoms with Gasteiger partial charge < -0.3 is 0 Å². The third kappa shape index (κ3) is 3.34. The Bertz CT molecular complexity index is 829. The number of rotatable bonds is 2. The van der Waals surface area contributed by atoms with Crippen LogP contribution in [0, 0.1) is 0 Å². The maximum absolute atomic E-state index is 11.2. The minimum Gasteiger partial charge on any atom is -0.287 e. The van der Waals surface area contributed by atoms with Crippen LogP contribution >= 0.6 is 23.5 Å². The first kappa shape index (κ1) is 15.1. The minimum absolute atomic E-state index is 0.0836. The standard InChI is InChI=1S/C18H14O2S2/c1-11(19)21-17-5-3-13-7-14-4-6-18(22-12(2)20)10-16(14)8-15(13)9-17/h3-10H,1-2H3. The molecule has 0 heterocycles. The number of carbonyl (C=O) groups is 2. The number of fused-ring (bicyclic) bond motifs is 2. The first-order valence-electron chi connectivity index (χ1n) is 6.86. The SMILES string of the molecule is CC(=O)Sc1ccc2cc3ccc(SC(C)=O)cc3cc2c1. The molecule has 3 aromatic rings. The first-order chi connectivity index (χ1) is 10.5. The lowest BCUT2D eigenvalue weighted by molar-refractivity contribution is -0.109. The van der Waals surface area contributed by atoms with Crippen LogP contribution in [0.1, 0.15) is 13.8 Å². The Hall–Kier alpha value is -1.78. The van der Waals surface area contributed by atoms with Crippen molar-refractivity contribution in [2.75, 3.05) is 0 Å². The highest BCUT2D eigenvalue weighted by Gasteiger charge is 2.05. The van der Waals surface area contributed by atoms with Gasteiger partial charge in [0.05, 0.1) is 0 Å². The van der Waals surface area contributed by atoms with Crippen molar-refractivity contribution in [1.29, 1.82) is 0 Å². The summed E-state index contributed by atoms with van der Waals surface area (Å²) in [6.07, 6.45) is 0. The van der Waals surface area contributed by atoms with Crippen molar-refractivity contribution >= 4 is 55.3 Å². The summed E-state index contributed by atoms with van der Waals surface area (Å²) in [5.41, 5.74) is 0. The highest BCUT2D eigenvalue weighted by molar-refractivity contribution is 8.13. The number of hydrogen-bond acceptors (Lipinski definition) is 4. The molecule has 22 heavy (non-hydrogen) atoms. The predicted molar refractivity (Wildman–Crippen MR) is 94.5 cm³/mol. The van der Waals surface area contributed by atoms with E-state index in [1.165, 1.54) is 23.5 Å². The third-order valence-electron chi connectivity index (χ3n) is 3.26. The predicted octanol–water partition coefficient (Wildman–Crippen LogP) is 5.27. The van der Waals surface area contributed by atoms with Gasteiger partial charge in [0.15, 0.2) is 10.2 Å². The van der Waals surface area contributed by atoms with Gasteiger partial charge in [-0.25, -0.2) is 0 Å². The highest BCUT2D eigenvalue weighted by atomic mass is 32.2. The Balaban J connectivity index is 2.10. The number of benzene rings is 3. The maximum Gasteiger partial charge on any atom is 0.190 e. The molecule has 0 radical (unpaired) electrons. The van der Waals surface area contributed by atoms with Gasteiger partial charge in [-0.2, -0.15) is 0 Å². The summed E-state index contributed by atoms with van der Waals surface area (Å²) in [5, 5.41) is 4.66. The van der Waals surface area contributed by atoms with Gasteiger partial charge in [-0.3, -0.25) is 9.59 Å². The van der Waals surface area contributed by atoms with E-state index < -0.39 is 0 Å². The molecule has 0 aliphatic rings. The number of hydrogen-bond donors (Lipinski definition) is 0. The van der Waals surface area contributed by atoms with Gasteiger partial charge in [0.2, 0.25) is 0 Å². The second-order valence-electron chi connectivity index (χ2n) is 5.06. The van der Waals surface area contributed by atoms with Crippen molar-refractivity contribution in [2.24, 2.45) is 0 Å². The van der Waals surface area contributed by atoms with Crippen LogP contribution < -0.4 is 0 Å². The molecule has 0 saturated carbocycles. The van der Waals surface area contributed by atoms with E-state index in [0.29, 0.717) is 0 Å². The van der Waals surface area contributed by atoms with Crippen molar-refractivity contribution in [1.82, 2.24) is 0 Å². The Labute approximate surface area is 137 Å². The van der Waals surface area contributed by atoms with Gasteiger partial charge in [0.1, 0.15) is 0 Å². The van der Waals surface area contributed by atoms with Crippen LogP contribution in [0.4, 0.5) is 0 Å². The normalized spacial score (nSPS) is 11.0. The summed E-state index contributed by atoms with van der Waals surface area (Å²) in [4.78, 5) is 24.4. The molecule has 0 amide bonds. The Morgan fingerprint density at radius 1 is 0.636 bits per heavy atom. The van der Waals surface area contributed by atoms with Gasteiger partial charge in [0, 0.05) is 23.6 Å². The quantitative estimate of drug-likeness (QED) is 0.474. The van der Waals surface area contributed by atoms with E-state index in [2.05, 4.69) is 12.1 Å². The minimum atomic E-state index is 0.0836. The fourth-order valence-corrected chi connectivity index (χ4v) is 3.72. The molecule has 0 unspecified atom stereocenters. The van der Waals surface area contributed by atoms with Gasteiger partial charge in [-0.1, -0.05) is 35.7 Å². The zero-order valence-corrected chi connectivity index (χ0v) is 13.9. The van der Waals surface area contributed by atoms with E-state index in [9.17, 15) is 9.59 Å². The second kappa shape index (κ2) is 6.15. The fraction of sp³-hybridized carbons (Fsp3) is 0.111. The molecule has 2 nitrogen and oxygen atoms in total. The summed E-state index contributed by atoms with van der Waals surface area (Å²) >= 11 is 2.49. The molecule has 0 aliphatic heterocycles. The average Bonchev–Trinajstić information content (AvgIpc) is 2.43. The lowest BCUT2D eigenvalue weighted by atomic mass is 10.0. The molecule has 3 rings (SSSR count). The van der Waals surface area contributed by atoms with Crippen LogP contribution in [0.5, 0.6) is 0 Å². The van der Waals surface area contributed by atoms with Gasteiger partial charge >= 0.3 is 0 Å². The zero-order chi connectivity index (χ0) is 15.7. The summed E-state index contributed by atoms with van der Waals surface area (Å²) in [5.74, 6) is 0.